The molecular weight excluding hydrogens is 362 g/mol. The molecule has 0 aliphatic heterocycles. The predicted molar refractivity (Wildman–Crippen MR) is 104 cm³/mol. The third-order valence-electron chi connectivity index (χ3n) is 5.55. The van der Waals surface area contributed by atoms with E-state index in [1.807, 2.05) is 37.6 Å². The van der Waals surface area contributed by atoms with Crippen molar-refractivity contribution in [2.24, 2.45) is 0 Å². The molecule has 1 N–H and O–H groups in total. The maximum atomic E-state index is 13.5. The van der Waals surface area contributed by atoms with Gasteiger partial charge in [-0.25, -0.2) is 13.4 Å². The van der Waals surface area contributed by atoms with E-state index in [0.29, 0.717) is 19.4 Å². The first-order valence-electron chi connectivity index (χ1n) is 9.35. The molecule has 1 atom stereocenters. The molecule has 1 saturated carbocycles. The first-order valence-corrected chi connectivity index (χ1v) is 10.8. The Morgan fingerprint density at radius 3 is 2.56 bits per heavy atom. The van der Waals surface area contributed by atoms with Gasteiger partial charge in [0.25, 0.3) is 0 Å². The molecule has 0 spiro atoms. The number of rotatable bonds is 6. The number of nitrogens with zero attached hydrogens (tertiary/aromatic N) is 2. The summed E-state index contributed by atoms with van der Waals surface area (Å²) in [6.45, 7) is 6.26. The summed E-state index contributed by atoms with van der Waals surface area (Å²) in [6.07, 6.45) is 7.40. The van der Waals surface area contributed by atoms with Gasteiger partial charge in [-0.2, -0.15) is 0 Å². The number of aryl methyl sites for hydroxylation is 2. The van der Waals surface area contributed by atoms with E-state index in [1.165, 1.54) is 0 Å². The molecule has 1 aliphatic carbocycles. The van der Waals surface area contributed by atoms with Crippen LogP contribution in [0.15, 0.2) is 41.8 Å². The SMILES string of the molecule is Cc1ccc(S(=O)(=O)C2(C(=O)N[C@@H](C)Cn3ccnc3)CCCC2)cc1C. The lowest BCUT2D eigenvalue weighted by Gasteiger charge is -2.29. The Balaban J connectivity index is 1.88. The van der Waals surface area contributed by atoms with Gasteiger partial charge in [0, 0.05) is 25.0 Å². The Morgan fingerprint density at radius 1 is 1.26 bits per heavy atom. The van der Waals surface area contributed by atoms with Crippen molar-refractivity contribution < 1.29 is 13.2 Å². The molecule has 1 fully saturated rings. The van der Waals surface area contributed by atoms with Gasteiger partial charge in [-0.1, -0.05) is 18.9 Å². The topological polar surface area (TPSA) is 81.1 Å². The number of nitrogens with one attached hydrogen (secondary N) is 1. The monoisotopic (exact) mass is 389 g/mol. The van der Waals surface area contributed by atoms with Gasteiger partial charge in [-0.3, -0.25) is 4.79 Å². The van der Waals surface area contributed by atoms with Crippen molar-refractivity contribution in [3.8, 4) is 0 Å². The number of imidazole rings is 1. The number of benzene rings is 1. The van der Waals surface area contributed by atoms with Gasteiger partial charge < -0.3 is 9.88 Å². The highest BCUT2D eigenvalue weighted by molar-refractivity contribution is 7.93. The number of carbonyl (C=O) groups is 1. The Hall–Kier alpha value is -2.15. The summed E-state index contributed by atoms with van der Waals surface area (Å²) in [5.41, 5.74) is 1.95. The van der Waals surface area contributed by atoms with Crippen molar-refractivity contribution in [1.82, 2.24) is 14.9 Å². The van der Waals surface area contributed by atoms with Crippen LogP contribution in [-0.4, -0.2) is 34.7 Å². The summed E-state index contributed by atoms with van der Waals surface area (Å²) in [4.78, 5) is 17.4. The predicted octanol–water partition coefficient (Wildman–Crippen LogP) is 2.79. The van der Waals surface area contributed by atoms with Crippen molar-refractivity contribution in [1.29, 1.82) is 0 Å². The van der Waals surface area contributed by atoms with Crippen LogP contribution >= 0.6 is 0 Å². The van der Waals surface area contributed by atoms with Crippen molar-refractivity contribution in [3.63, 3.8) is 0 Å². The summed E-state index contributed by atoms with van der Waals surface area (Å²) in [5.74, 6) is -0.383. The number of sulfone groups is 1. The second-order valence-electron chi connectivity index (χ2n) is 7.58. The Labute approximate surface area is 160 Å². The van der Waals surface area contributed by atoms with Crippen LogP contribution in [-0.2, 0) is 21.2 Å². The van der Waals surface area contributed by atoms with Crippen molar-refractivity contribution in [3.05, 3.63) is 48.0 Å². The van der Waals surface area contributed by atoms with Crippen LogP contribution in [0.25, 0.3) is 0 Å². The molecule has 1 heterocycles. The van der Waals surface area contributed by atoms with Gasteiger partial charge in [-0.05, 0) is 56.9 Å². The second kappa shape index (κ2) is 7.46. The van der Waals surface area contributed by atoms with Crippen LogP contribution in [0.1, 0.15) is 43.7 Å². The summed E-state index contributed by atoms with van der Waals surface area (Å²) < 4.78 is 27.5. The lowest BCUT2D eigenvalue weighted by molar-refractivity contribution is -0.124. The Kier molecular flexibility index (Phi) is 5.42. The van der Waals surface area contributed by atoms with E-state index in [4.69, 9.17) is 0 Å². The number of carbonyl (C=O) groups excluding carboxylic acids is 1. The van der Waals surface area contributed by atoms with Crippen LogP contribution in [0, 0.1) is 13.8 Å². The molecule has 0 unspecified atom stereocenters. The van der Waals surface area contributed by atoms with Crippen LogP contribution in [0.3, 0.4) is 0 Å². The van der Waals surface area contributed by atoms with E-state index >= 15 is 0 Å². The minimum atomic E-state index is -3.78. The molecule has 1 aromatic carbocycles. The van der Waals surface area contributed by atoms with E-state index in [1.54, 1.807) is 24.7 Å². The molecule has 1 aromatic heterocycles. The maximum absolute atomic E-state index is 13.5. The molecule has 3 rings (SSSR count). The standard InChI is InChI=1S/C20H27N3O3S/c1-15-6-7-18(12-16(15)2)27(25,26)20(8-4-5-9-20)19(24)22-17(3)13-23-11-10-21-14-23/h6-7,10-12,14,17H,4-5,8-9,13H2,1-3H3,(H,22,24)/t17-/m0/s1. The van der Waals surface area contributed by atoms with E-state index < -0.39 is 14.6 Å². The minimum absolute atomic E-state index is 0.195. The Morgan fingerprint density at radius 2 is 1.96 bits per heavy atom. The Bertz CT molecular complexity index is 914. The average Bonchev–Trinajstić information content (AvgIpc) is 3.29. The van der Waals surface area contributed by atoms with Gasteiger partial charge in [0.05, 0.1) is 11.2 Å². The number of hydrogen-bond acceptors (Lipinski definition) is 4. The minimum Gasteiger partial charge on any atom is -0.350 e. The highest BCUT2D eigenvalue weighted by Gasteiger charge is 2.53. The number of aromatic nitrogens is 2. The summed E-state index contributed by atoms with van der Waals surface area (Å²) in [5, 5.41) is 2.94. The van der Waals surface area contributed by atoms with E-state index in [-0.39, 0.29) is 16.8 Å². The summed E-state index contributed by atoms with van der Waals surface area (Å²) in [7, 11) is -3.78. The molecule has 2 aromatic rings. The van der Waals surface area contributed by atoms with Crippen LogP contribution < -0.4 is 5.32 Å². The van der Waals surface area contributed by atoms with Crippen LogP contribution in [0.4, 0.5) is 0 Å². The molecule has 0 radical (unpaired) electrons. The van der Waals surface area contributed by atoms with E-state index in [0.717, 1.165) is 24.0 Å². The zero-order chi connectivity index (χ0) is 19.7. The molecule has 6 nitrogen and oxygen atoms in total. The summed E-state index contributed by atoms with van der Waals surface area (Å²) in [6, 6.07) is 4.93. The molecule has 0 bridgehead atoms. The van der Waals surface area contributed by atoms with Gasteiger partial charge >= 0.3 is 0 Å². The fourth-order valence-corrected chi connectivity index (χ4v) is 5.94. The number of amides is 1. The third kappa shape index (κ3) is 3.65. The largest absolute Gasteiger partial charge is 0.350 e. The third-order valence-corrected chi connectivity index (χ3v) is 8.05. The first-order chi connectivity index (χ1) is 12.8. The zero-order valence-corrected chi connectivity index (χ0v) is 16.9. The van der Waals surface area contributed by atoms with Gasteiger partial charge in [0.1, 0.15) is 0 Å². The highest BCUT2D eigenvalue weighted by atomic mass is 32.2. The van der Waals surface area contributed by atoms with Crippen molar-refractivity contribution in [2.45, 2.75) is 68.7 Å². The molecule has 1 amide bonds. The maximum Gasteiger partial charge on any atom is 0.242 e. The molecule has 146 valence electrons. The van der Waals surface area contributed by atoms with Crippen LogP contribution in [0.2, 0.25) is 0 Å². The van der Waals surface area contributed by atoms with Crippen molar-refractivity contribution >= 4 is 15.7 Å². The van der Waals surface area contributed by atoms with Gasteiger partial charge in [0.15, 0.2) is 14.6 Å². The first kappa shape index (κ1) is 19.6. The second-order valence-corrected chi connectivity index (χ2v) is 9.84. The molecule has 0 saturated heterocycles. The van der Waals surface area contributed by atoms with E-state index in [2.05, 4.69) is 10.3 Å². The van der Waals surface area contributed by atoms with Crippen LogP contribution in [0.5, 0.6) is 0 Å². The molecule has 1 aliphatic rings. The number of hydrogen-bond donors (Lipinski definition) is 1. The van der Waals surface area contributed by atoms with E-state index in [9.17, 15) is 13.2 Å². The lowest BCUT2D eigenvalue weighted by atomic mass is 10.1. The fourth-order valence-electron chi connectivity index (χ4n) is 3.78. The highest BCUT2D eigenvalue weighted by Crippen LogP contribution is 2.41. The van der Waals surface area contributed by atoms with Gasteiger partial charge in [-0.15, -0.1) is 0 Å². The summed E-state index contributed by atoms with van der Waals surface area (Å²) >= 11 is 0. The smallest absolute Gasteiger partial charge is 0.242 e. The molecule has 7 heteroatoms. The lowest BCUT2D eigenvalue weighted by Crippen LogP contribution is -2.53. The quantitative estimate of drug-likeness (QED) is 0.824. The molecule has 27 heavy (non-hydrogen) atoms. The average molecular weight is 390 g/mol. The normalized spacial score (nSPS) is 17.6. The zero-order valence-electron chi connectivity index (χ0n) is 16.1. The molecular formula is C20H27N3O3S. The van der Waals surface area contributed by atoms with Gasteiger partial charge in [0.2, 0.25) is 5.91 Å². The fraction of sp³-hybridized carbons (Fsp3) is 0.500. The van der Waals surface area contributed by atoms with Crippen molar-refractivity contribution in [2.75, 3.05) is 0 Å².